The summed E-state index contributed by atoms with van der Waals surface area (Å²) in [6.07, 6.45) is 0.718. The molecule has 1 aromatic heterocycles. The summed E-state index contributed by atoms with van der Waals surface area (Å²) in [5.74, 6) is 1.00. The third-order valence-electron chi connectivity index (χ3n) is 2.74. The number of piperazine rings is 1. The van der Waals surface area contributed by atoms with Crippen molar-refractivity contribution in [3.05, 3.63) is 17.3 Å². The molecular formula is C11H17N3O2. The fourth-order valence-corrected chi connectivity index (χ4v) is 1.81. The number of hydrogen-bond acceptors (Lipinski definition) is 4. The summed E-state index contributed by atoms with van der Waals surface area (Å²) < 4.78 is 5.46. The third kappa shape index (κ3) is 2.09. The highest BCUT2D eigenvalue weighted by Gasteiger charge is 2.23. The fourth-order valence-electron chi connectivity index (χ4n) is 1.81. The van der Waals surface area contributed by atoms with Gasteiger partial charge in [-0.25, -0.2) is 4.98 Å². The first-order valence-electron chi connectivity index (χ1n) is 5.68. The molecule has 1 aromatic rings. The number of aromatic nitrogens is 1. The molecule has 0 aliphatic carbocycles. The Hall–Kier alpha value is -1.36. The van der Waals surface area contributed by atoms with Crippen LogP contribution in [0.5, 0.6) is 0 Å². The maximum absolute atomic E-state index is 12.1. The predicted molar refractivity (Wildman–Crippen MR) is 59.4 cm³/mol. The van der Waals surface area contributed by atoms with E-state index in [0.29, 0.717) is 17.3 Å². The standard InChI is InChI=1S/C11H17N3O2/c1-3-9-13-8(2)10(16-9)11(15)14-6-4-12-5-7-14/h12H,3-7H2,1-2H3. The van der Waals surface area contributed by atoms with Crippen molar-refractivity contribution in [2.45, 2.75) is 20.3 Å². The van der Waals surface area contributed by atoms with Gasteiger partial charge in [-0.2, -0.15) is 0 Å². The third-order valence-corrected chi connectivity index (χ3v) is 2.74. The highest BCUT2D eigenvalue weighted by molar-refractivity contribution is 5.92. The monoisotopic (exact) mass is 223 g/mol. The molecule has 0 unspecified atom stereocenters. The minimum Gasteiger partial charge on any atom is -0.435 e. The van der Waals surface area contributed by atoms with Crippen LogP contribution >= 0.6 is 0 Å². The number of carbonyl (C=O) groups excluding carboxylic acids is 1. The van der Waals surface area contributed by atoms with Crippen molar-refractivity contribution in [2.75, 3.05) is 26.2 Å². The van der Waals surface area contributed by atoms with Crippen LogP contribution in [0, 0.1) is 6.92 Å². The molecule has 1 fully saturated rings. The van der Waals surface area contributed by atoms with E-state index >= 15 is 0 Å². The fraction of sp³-hybridized carbons (Fsp3) is 0.636. The van der Waals surface area contributed by atoms with E-state index in [9.17, 15) is 4.79 Å². The van der Waals surface area contributed by atoms with Gasteiger partial charge < -0.3 is 14.6 Å². The molecule has 2 rings (SSSR count). The number of carbonyl (C=O) groups is 1. The summed E-state index contributed by atoms with van der Waals surface area (Å²) in [5.41, 5.74) is 0.695. The molecule has 0 saturated carbocycles. The summed E-state index contributed by atoms with van der Waals surface area (Å²) in [6.45, 7) is 6.95. The summed E-state index contributed by atoms with van der Waals surface area (Å²) in [4.78, 5) is 18.1. The molecule has 5 nitrogen and oxygen atoms in total. The minimum atomic E-state index is -0.0359. The number of nitrogens with one attached hydrogen (secondary N) is 1. The van der Waals surface area contributed by atoms with Crippen molar-refractivity contribution in [2.24, 2.45) is 0 Å². The summed E-state index contributed by atoms with van der Waals surface area (Å²) >= 11 is 0. The van der Waals surface area contributed by atoms with E-state index < -0.39 is 0 Å². The lowest BCUT2D eigenvalue weighted by molar-refractivity contribution is 0.0701. The molecule has 1 aliphatic heterocycles. The zero-order valence-corrected chi connectivity index (χ0v) is 9.75. The van der Waals surface area contributed by atoms with Gasteiger partial charge in [0.15, 0.2) is 5.89 Å². The van der Waals surface area contributed by atoms with E-state index in [0.717, 1.165) is 32.6 Å². The summed E-state index contributed by atoms with van der Waals surface area (Å²) in [6, 6.07) is 0. The maximum Gasteiger partial charge on any atom is 0.291 e. The zero-order chi connectivity index (χ0) is 11.5. The molecule has 0 spiro atoms. The topological polar surface area (TPSA) is 58.4 Å². The Morgan fingerprint density at radius 1 is 1.50 bits per heavy atom. The smallest absolute Gasteiger partial charge is 0.291 e. The Bertz CT molecular complexity index is 381. The molecule has 0 aromatic carbocycles. The van der Waals surface area contributed by atoms with Crippen LogP contribution in [0.15, 0.2) is 4.42 Å². The lowest BCUT2D eigenvalue weighted by Gasteiger charge is -2.26. The summed E-state index contributed by atoms with van der Waals surface area (Å²) in [7, 11) is 0. The van der Waals surface area contributed by atoms with Gasteiger partial charge in [-0.15, -0.1) is 0 Å². The highest BCUT2D eigenvalue weighted by Crippen LogP contribution is 2.13. The van der Waals surface area contributed by atoms with Gasteiger partial charge in [-0.05, 0) is 6.92 Å². The van der Waals surface area contributed by atoms with Crippen LogP contribution in [-0.2, 0) is 6.42 Å². The molecule has 1 N–H and O–H groups in total. The van der Waals surface area contributed by atoms with E-state index in [-0.39, 0.29) is 5.91 Å². The van der Waals surface area contributed by atoms with Crippen LogP contribution in [0.1, 0.15) is 29.1 Å². The molecule has 0 bridgehead atoms. The highest BCUT2D eigenvalue weighted by atomic mass is 16.4. The second kappa shape index (κ2) is 4.65. The molecule has 88 valence electrons. The molecule has 5 heteroatoms. The first kappa shape index (κ1) is 11.1. The lowest BCUT2D eigenvalue weighted by atomic mass is 10.3. The van der Waals surface area contributed by atoms with Gasteiger partial charge in [-0.1, -0.05) is 6.92 Å². The van der Waals surface area contributed by atoms with Gasteiger partial charge in [0.1, 0.15) is 0 Å². The Morgan fingerprint density at radius 2 is 2.19 bits per heavy atom. The molecule has 1 aliphatic rings. The van der Waals surface area contributed by atoms with Crippen LogP contribution in [0.3, 0.4) is 0 Å². The zero-order valence-electron chi connectivity index (χ0n) is 9.75. The van der Waals surface area contributed by atoms with Crippen molar-refractivity contribution < 1.29 is 9.21 Å². The van der Waals surface area contributed by atoms with E-state index in [1.54, 1.807) is 0 Å². The van der Waals surface area contributed by atoms with Crippen molar-refractivity contribution in [1.29, 1.82) is 0 Å². The number of aryl methyl sites for hydroxylation is 2. The largest absolute Gasteiger partial charge is 0.435 e. The Morgan fingerprint density at radius 3 is 2.75 bits per heavy atom. The summed E-state index contributed by atoms with van der Waals surface area (Å²) in [5, 5.41) is 3.21. The Balaban J connectivity index is 2.15. The van der Waals surface area contributed by atoms with Gasteiger partial charge in [0.05, 0.1) is 5.69 Å². The first-order chi connectivity index (χ1) is 7.72. The molecule has 0 atom stereocenters. The average molecular weight is 223 g/mol. The Labute approximate surface area is 94.8 Å². The van der Waals surface area contributed by atoms with Crippen molar-refractivity contribution in [3.8, 4) is 0 Å². The van der Waals surface area contributed by atoms with E-state index in [2.05, 4.69) is 10.3 Å². The van der Waals surface area contributed by atoms with Crippen LogP contribution in [0.2, 0.25) is 0 Å². The van der Waals surface area contributed by atoms with E-state index in [4.69, 9.17) is 4.42 Å². The van der Waals surface area contributed by atoms with Gasteiger partial charge in [-0.3, -0.25) is 4.79 Å². The normalized spacial score (nSPS) is 16.5. The quantitative estimate of drug-likeness (QED) is 0.797. The van der Waals surface area contributed by atoms with Crippen LogP contribution in [-0.4, -0.2) is 42.0 Å². The second-order valence-electron chi connectivity index (χ2n) is 3.92. The molecule has 16 heavy (non-hydrogen) atoms. The number of rotatable bonds is 2. The molecule has 2 heterocycles. The van der Waals surface area contributed by atoms with E-state index in [1.807, 2.05) is 18.7 Å². The van der Waals surface area contributed by atoms with Gasteiger partial charge in [0, 0.05) is 32.6 Å². The minimum absolute atomic E-state index is 0.0359. The van der Waals surface area contributed by atoms with Crippen LogP contribution < -0.4 is 5.32 Å². The van der Waals surface area contributed by atoms with Crippen molar-refractivity contribution in [1.82, 2.24) is 15.2 Å². The number of oxazole rings is 1. The molecular weight excluding hydrogens is 206 g/mol. The SMILES string of the molecule is CCc1nc(C)c(C(=O)N2CCNCC2)o1. The molecule has 0 radical (unpaired) electrons. The number of amides is 1. The Kier molecular flexibility index (Phi) is 3.24. The second-order valence-corrected chi connectivity index (χ2v) is 3.92. The molecule has 1 saturated heterocycles. The van der Waals surface area contributed by atoms with Crippen LogP contribution in [0.25, 0.3) is 0 Å². The number of nitrogens with zero attached hydrogens (tertiary/aromatic N) is 2. The van der Waals surface area contributed by atoms with Crippen molar-refractivity contribution in [3.63, 3.8) is 0 Å². The predicted octanol–water partition coefficient (Wildman–Crippen LogP) is 0.591. The van der Waals surface area contributed by atoms with Crippen molar-refractivity contribution >= 4 is 5.91 Å². The number of hydrogen-bond donors (Lipinski definition) is 1. The van der Waals surface area contributed by atoms with E-state index in [1.165, 1.54) is 0 Å². The molecule has 1 amide bonds. The lowest BCUT2D eigenvalue weighted by Crippen LogP contribution is -2.46. The van der Waals surface area contributed by atoms with Gasteiger partial charge in [0.2, 0.25) is 5.76 Å². The first-order valence-corrected chi connectivity index (χ1v) is 5.68. The van der Waals surface area contributed by atoms with Gasteiger partial charge >= 0.3 is 0 Å². The average Bonchev–Trinajstić information content (AvgIpc) is 2.71. The van der Waals surface area contributed by atoms with Crippen LogP contribution in [0.4, 0.5) is 0 Å². The van der Waals surface area contributed by atoms with Gasteiger partial charge in [0.25, 0.3) is 5.91 Å². The maximum atomic E-state index is 12.1.